The lowest BCUT2D eigenvalue weighted by Crippen LogP contribution is -2.61. The first-order chi connectivity index (χ1) is 17.8. The molecule has 3 heterocycles. The zero-order chi connectivity index (χ0) is 28.1. The number of ether oxygens (including phenoxy) is 5. The third-order valence-electron chi connectivity index (χ3n) is 6.75. The zero-order valence-electron chi connectivity index (χ0n) is 22.9. The van der Waals surface area contributed by atoms with E-state index in [0.29, 0.717) is 22.6 Å². The predicted molar refractivity (Wildman–Crippen MR) is 134 cm³/mol. The van der Waals surface area contributed by atoms with Crippen LogP contribution in [0.25, 0.3) is 6.08 Å². The molecule has 38 heavy (non-hydrogen) atoms. The van der Waals surface area contributed by atoms with Crippen molar-refractivity contribution in [2.45, 2.75) is 70.9 Å². The number of nitrogens with zero attached hydrogens (tertiary/aromatic N) is 2. The Morgan fingerprint density at radius 1 is 1.00 bits per heavy atom. The van der Waals surface area contributed by atoms with Crippen LogP contribution in [-0.2, 0) is 28.6 Å². The number of esters is 2. The third kappa shape index (κ3) is 4.43. The van der Waals surface area contributed by atoms with Crippen molar-refractivity contribution in [3.63, 3.8) is 0 Å². The highest BCUT2D eigenvalue weighted by molar-refractivity contribution is 5.99. The predicted octanol–water partition coefficient (Wildman–Crippen LogP) is 3.06. The quantitative estimate of drug-likeness (QED) is 0.418. The van der Waals surface area contributed by atoms with Crippen LogP contribution in [-0.4, -0.2) is 78.9 Å². The van der Waals surface area contributed by atoms with Gasteiger partial charge in [-0.3, -0.25) is 19.4 Å². The smallest absolute Gasteiger partial charge is 0.411 e. The van der Waals surface area contributed by atoms with E-state index in [9.17, 15) is 19.2 Å². The van der Waals surface area contributed by atoms with E-state index < -0.39 is 59.7 Å². The van der Waals surface area contributed by atoms with E-state index in [-0.39, 0.29) is 12.1 Å². The van der Waals surface area contributed by atoms with E-state index in [1.165, 1.54) is 31.1 Å². The van der Waals surface area contributed by atoms with E-state index in [0.717, 1.165) is 0 Å². The minimum Gasteiger partial charge on any atom is -0.496 e. The average Bonchev–Trinajstić information content (AvgIpc) is 3.20. The number of methoxy groups -OCH3 is 3. The molecule has 0 aromatic heterocycles. The summed E-state index contributed by atoms with van der Waals surface area (Å²) < 4.78 is 27.4. The standard InChI is InChI=1S/C27H34N2O9/c1-13(2)37-26(33)29-17-12-15(24(31)38-27(3,4)5)21(29)16-11-14-18(34-6)9-10-19(35-7)20(14)22(25(32)36-8)28(16)23(17)30/h9-11,13,15,17,21-22H,12H2,1-8H3/t15-,17+,21-,22-/m1/s1. The number of rotatable bonds is 5. The molecule has 4 atom stereocenters. The SMILES string of the molecule is COC(=O)[C@H]1c2c(OC)ccc(OC)c2C=C2[C@H]3[C@H](C(=O)OC(C)(C)C)C[C@@H](C(=O)N21)N3C(=O)OC(C)C. The van der Waals surface area contributed by atoms with Crippen LogP contribution < -0.4 is 9.47 Å². The van der Waals surface area contributed by atoms with Gasteiger partial charge in [-0.05, 0) is 59.2 Å². The molecule has 2 amide bonds. The van der Waals surface area contributed by atoms with Crippen LogP contribution >= 0.6 is 0 Å². The van der Waals surface area contributed by atoms with E-state index >= 15 is 0 Å². The van der Waals surface area contributed by atoms with Crippen molar-refractivity contribution in [2.75, 3.05) is 21.3 Å². The van der Waals surface area contributed by atoms with Gasteiger partial charge < -0.3 is 23.7 Å². The highest BCUT2D eigenvalue weighted by atomic mass is 16.6. The lowest BCUT2D eigenvalue weighted by molar-refractivity contribution is -0.161. The summed E-state index contributed by atoms with van der Waals surface area (Å²) in [6.07, 6.45) is 0.488. The Hall–Kier alpha value is -3.76. The van der Waals surface area contributed by atoms with Gasteiger partial charge in [-0.25, -0.2) is 9.59 Å². The molecule has 0 saturated carbocycles. The lowest BCUT2D eigenvalue weighted by atomic mass is 9.87. The number of piperazine rings is 1. The second-order valence-electron chi connectivity index (χ2n) is 10.7. The van der Waals surface area contributed by atoms with Crippen molar-refractivity contribution >= 4 is 30.0 Å². The first-order valence-electron chi connectivity index (χ1n) is 12.4. The molecule has 2 bridgehead atoms. The molecule has 11 nitrogen and oxygen atoms in total. The summed E-state index contributed by atoms with van der Waals surface area (Å²) in [7, 11) is 4.17. The fraction of sp³-hybridized carbons (Fsp3) is 0.556. The van der Waals surface area contributed by atoms with Crippen LogP contribution in [0, 0.1) is 5.92 Å². The second kappa shape index (κ2) is 9.85. The number of carbonyl (C=O) groups excluding carboxylic acids is 4. The van der Waals surface area contributed by atoms with Gasteiger partial charge in [-0.1, -0.05) is 0 Å². The molecule has 2 fully saturated rings. The van der Waals surface area contributed by atoms with E-state index in [4.69, 9.17) is 23.7 Å². The first-order valence-corrected chi connectivity index (χ1v) is 12.4. The molecule has 1 aromatic carbocycles. The molecule has 0 radical (unpaired) electrons. The highest BCUT2D eigenvalue weighted by Crippen LogP contribution is 2.52. The van der Waals surface area contributed by atoms with Crippen molar-refractivity contribution < 1.29 is 42.9 Å². The van der Waals surface area contributed by atoms with Crippen LogP contribution in [0.3, 0.4) is 0 Å². The summed E-state index contributed by atoms with van der Waals surface area (Å²) in [4.78, 5) is 56.7. The van der Waals surface area contributed by atoms with Gasteiger partial charge in [0.2, 0.25) is 0 Å². The van der Waals surface area contributed by atoms with Gasteiger partial charge in [0.1, 0.15) is 23.1 Å². The van der Waals surface area contributed by atoms with Crippen LogP contribution in [0.4, 0.5) is 4.79 Å². The van der Waals surface area contributed by atoms with Crippen molar-refractivity contribution in [1.82, 2.24) is 9.80 Å². The fourth-order valence-corrected chi connectivity index (χ4v) is 5.40. The molecule has 0 N–H and O–H groups in total. The molecule has 11 heteroatoms. The number of fused-ring (bicyclic) bond motifs is 5. The van der Waals surface area contributed by atoms with Gasteiger partial charge in [-0.15, -0.1) is 0 Å². The normalized spacial score (nSPS) is 23.8. The molecule has 1 aromatic rings. The Morgan fingerprint density at radius 3 is 2.18 bits per heavy atom. The zero-order valence-corrected chi connectivity index (χ0v) is 22.9. The van der Waals surface area contributed by atoms with Crippen LogP contribution in [0.5, 0.6) is 11.5 Å². The molecule has 0 unspecified atom stereocenters. The minimum atomic E-state index is -1.22. The third-order valence-corrected chi connectivity index (χ3v) is 6.75. The Morgan fingerprint density at radius 2 is 1.63 bits per heavy atom. The number of amides is 2. The van der Waals surface area contributed by atoms with Gasteiger partial charge in [-0.2, -0.15) is 0 Å². The van der Waals surface area contributed by atoms with Gasteiger partial charge in [0.05, 0.1) is 39.4 Å². The molecule has 0 aliphatic carbocycles. The average molecular weight is 531 g/mol. The topological polar surface area (TPSA) is 121 Å². The van der Waals surface area contributed by atoms with E-state index in [1.54, 1.807) is 52.8 Å². The Labute approximate surface area is 221 Å². The van der Waals surface area contributed by atoms with Gasteiger partial charge in [0.15, 0.2) is 6.04 Å². The number of carbonyl (C=O) groups is 4. The van der Waals surface area contributed by atoms with Crippen LogP contribution in [0.1, 0.15) is 58.2 Å². The summed E-state index contributed by atoms with van der Waals surface area (Å²) >= 11 is 0. The summed E-state index contributed by atoms with van der Waals surface area (Å²) in [5.41, 5.74) is 0.350. The number of benzene rings is 1. The second-order valence-corrected chi connectivity index (χ2v) is 10.7. The molecule has 3 aliphatic heterocycles. The number of hydrogen-bond donors (Lipinski definition) is 0. The molecular weight excluding hydrogens is 496 g/mol. The van der Waals surface area contributed by atoms with Gasteiger partial charge >= 0.3 is 18.0 Å². The number of hydrogen-bond acceptors (Lipinski definition) is 9. The van der Waals surface area contributed by atoms with Gasteiger partial charge in [0.25, 0.3) is 5.91 Å². The Kier molecular flexibility index (Phi) is 7.07. The Balaban J connectivity index is 1.97. The van der Waals surface area contributed by atoms with Crippen molar-refractivity contribution in [2.24, 2.45) is 5.92 Å². The Bertz CT molecular complexity index is 1200. The maximum Gasteiger partial charge on any atom is 0.411 e. The molecule has 3 aliphatic rings. The monoisotopic (exact) mass is 530 g/mol. The molecular formula is C27H34N2O9. The molecule has 2 saturated heterocycles. The van der Waals surface area contributed by atoms with Crippen LogP contribution in [0.2, 0.25) is 0 Å². The summed E-state index contributed by atoms with van der Waals surface area (Å²) in [5.74, 6) is -1.90. The summed E-state index contributed by atoms with van der Waals surface area (Å²) in [6, 6.07) is 0.113. The molecule has 0 spiro atoms. The van der Waals surface area contributed by atoms with Crippen molar-refractivity contribution in [3.8, 4) is 11.5 Å². The largest absolute Gasteiger partial charge is 0.496 e. The maximum atomic E-state index is 14.1. The van der Waals surface area contributed by atoms with Crippen LogP contribution in [0.15, 0.2) is 17.8 Å². The van der Waals surface area contributed by atoms with Crippen molar-refractivity contribution in [1.29, 1.82) is 0 Å². The minimum absolute atomic E-state index is 0.0119. The summed E-state index contributed by atoms with van der Waals surface area (Å²) in [5, 5.41) is 0. The highest BCUT2D eigenvalue weighted by Gasteiger charge is 2.62. The van der Waals surface area contributed by atoms with E-state index in [1.807, 2.05) is 0 Å². The maximum absolute atomic E-state index is 14.1. The molecule has 4 rings (SSSR count). The van der Waals surface area contributed by atoms with E-state index in [2.05, 4.69) is 0 Å². The summed E-state index contributed by atoms with van der Waals surface area (Å²) in [6.45, 7) is 8.63. The first kappa shape index (κ1) is 27.3. The van der Waals surface area contributed by atoms with Crippen molar-refractivity contribution in [3.05, 3.63) is 29.0 Å². The van der Waals surface area contributed by atoms with Gasteiger partial charge in [0, 0.05) is 16.8 Å². The lowest BCUT2D eigenvalue weighted by Gasteiger charge is -2.47. The fourth-order valence-electron chi connectivity index (χ4n) is 5.40. The molecule has 206 valence electrons.